The lowest BCUT2D eigenvalue weighted by Crippen LogP contribution is -2.14. The number of nitrogens with zero attached hydrogens (tertiary/aromatic N) is 2. The van der Waals surface area contributed by atoms with Crippen LogP contribution in [0.4, 0.5) is 0 Å². The van der Waals surface area contributed by atoms with Gasteiger partial charge in [0.15, 0.2) is 0 Å². The van der Waals surface area contributed by atoms with Gasteiger partial charge in [0.25, 0.3) is 0 Å². The number of rotatable bonds is 10. The minimum Gasteiger partial charge on any atom is -0.507 e. The number of hydrogen-bond acceptors (Lipinski definition) is 5. The van der Waals surface area contributed by atoms with Crippen molar-refractivity contribution in [2.75, 3.05) is 6.61 Å². The molecule has 0 saturated heterocycles. The number of fused-ring (bicyclic) bond motifs is 1. The van der Waals surface area contributed by atoms with Crippen LogP contribution >= 0.6 is 11.6 Å². The van der Waals surface area contributed by atoms with E-state index in [1.54, 1.807) is 24.3 Å². The molecule has 160 valence electrons. The highest BCUT2D eigenvalue weighted by molar-refractivity contribution is 6.35. The van der Waals surface area contributed by atoms with Gasteiger partial charge >= 0.3 is 5.97 Å². The van der Waals surface area contributed by atoms with Crippen molar-refractivity contribution in [3.63, 3.8) is 0 Å². The number of esters is 1. The van der Waals surface area contributed by atoms with Gasteiger partial charge in [-0.3, -0.25) is 9.89 Å². The zero-order valence-corrected chi connectivity index (χ0v) is 18.2. The first-order valence-electron chi connectivity index (χ1n) is 10.5. The van der Waals surface area contributed by atoms with E-state index in [4.69, 9.17) is 16.3 Å². The number of aromatic hydroxyl groups is 1. The van der Waals surface area contributed by atoms with Crippen LogP contribution < -0.4 is 0 Å². The lowest BCUT2D eigenvalue weighted by molar-refractivity contribution is -0.145. The van der Waals surface area contributed by atoms with Gasteiger partial charge < -0.3 is 9.84 Å². The van der Waals surface area contributed by atoms with E-state index in [2.05, 4.69) is 29.3 Å². The Morgan fingerprint density at radius 1 is 1.27 bits per heavy atom. The summed E-state index contributed by atoms with van der Waals surface area (Å²) >= 11 is 6.40. The van der Waals surface area contributed by atoms with E-state index in [9.17, 15) is 9.90 Å². The molecular weight excluding hydrogens is 402 g/mol. The van der Waals surface area contributed by atoms with Crippen molar-refractivity contribution in [3.05, 3.63) is 40.9 Å². The summed E-state index contributed by atoms with van der Waals surface area (Å²) in [7, 11) is 0. The number of aromatic nitrogens is 3. The Morgan fingerprint density at radius 2 is 2.10 bits per heavy atom. The van der Waals surface area contributed by atoms with Crippen LogP contribution in [-0.4, -0.2) is 33.1 Å². The van der Waals surface area contributed by atoms with Gasteiger partial charge in [-0.05, 0) is 36.5 Å². The van der Waals surface area contributed by atoms with Crippen molar-refractivity contribution in [2.24, 2.45) is 5.92 Å². The summed E-state index contributed by atoms with van der Waals surface area (Å²) in [4.78, 5) is 12.2. The third-order valence-electron chi connectivity index (χ3n) is 5.46. The Balaban J connectivity index is 1.69. The average molecular weight is 430 g/mol. The molecule has 30 heavy (non-hydrogen) atoms. The smallest absolute Gasteiger partial charge is 0.306 e. The van der Waals surface area contributed by atoms with Crippen LogP contribution in [0.1, 0.15) is 51.5 Å². The monoisotopic (exact) mass is 429 g/mol. The quantitative estimate of drug-likeness (QED) is 0.405. The van der Waals surface area contributed by atoms with Crippen LogP contribution in [0, 0.1) is 5.92 Å². The Labute approximate surface area is 181 Å². The number of para-hydroxylation sites is 1. The lowest BCUT2D eigenvalue weighted by atomic mass is 9.98. The highest BCUT2D eigenvalue weighted by atomic mass is 35.5. The van der Waals surface area contributed by atoms with E-state index >= 15 is 0 Å². The van der Waals surface area contributed by atoms with Crippen molar-refractivity contribution in [2.45, 2.75) is 52.4 Å². The van der Waals surface area contributed by atoms with E-state index < -0.39 is 0 Å². The van der Waals surface area contributed by atoms with E-state index in [0.29, 0.717) is 46.2 Å². The Kier molecular flexibility index (Phi) is 7.69. The summed E-state index contributed by atoms with van der Waals surface area (Å²) in [6, 6.07) is 8.96. The summed E-state index contributed by atoms with van der Waals surface area (Å²) in [5.74, 6) is 0.263. The predicted molar refractivity (Wildman–Crippen MR) is 119 cm³/mol. The number of halogens is 1. The molecule has 1 aromatic heterocycles. The molecule has 0 saturated carbocycles. The number of phenols is 1. The maximum atomic E-state index is 12.2. The lowest BCUT2D eigenvalue weighted by Gasteiger charge is -2.15. The molecule has 0 amide bonds. The maximum Gasteiger partial charge on any atom is 0.306 e. The van der Waals surface area contributed by atoms with Gasteiger partial charge in [0.05, 0.1) is 17.1 Å². The minimum atomic E-state index is -0.244. The van der Waals surface area contributed by atoms with Gasteiger partial charge in [-0.2, -0.15) is 0 Å². The highest BCUT2D eigenvalue weighted by Gasteiger charge is 2.18. The first kappa shape index (κ1) is 22.1. The number of benzene rings is 2. The van der Waals surface area contributed by atoms with Crippen LogP contribution in [-0.2, 0) is 16.0 Å². The third kappa shape index (κ3) is 5.11. The van der Waals surface area contributed by atoms with E-state index in [1.807, 2.05) is 6.07 Å². The molecule has 1 heterocycles. The zero-order chi connectivity index (χ0) is 21.5. The number of hydrogen-bond donors (Lipinski definition) is 2. The van der Waals surface area contributed by atoms with Gasteiger partial charge in [0, 0.05) is 17.5 Å². The molecule has 0 spiro atoms. The number of phenolic OH excluding ortho intramolecular Hbond substituents is 1. The molecule has 0 aliphatic heterocycles. The molecular formula is C23H28ClN3O3. The van der Waals surface area contributed by atoms with Gasteiger partial charge in [-0.1, -0.05) is 68.1 Å². The van der Waals surface area contributed by atoms with Crippen LogP contribution in [0.25, 0.3) is 22.2 Å². The van der Waals surface area contributed by atoms with Gasteiger partial charge in [-0.15, -0.1) is 5.10 Å². The summed E-state index contributed by atoms with van der Waals surface area (Å²) in [6.07, 6.45) is 4.98. The molecule has 2 N–H and O–H groups in total. The fourth-order valence-corrected chi connectivity index (χ4v) is 3.81. The molecule has 6 nitrogen and oxygen atoms in total. The molecule has 0 bridgehead atoms. The number of H-pyrrole nitrogens is 1. The molecule has 7 heteroatoms. The Hall–Kier alpha value is -2.60. The maximum absolute atomic E-state index is 12.2. The number of unbranched alkanes of at least 4 members (excludes halogenated alkanes) is 1. The largest absolute Gasteiger partial charge is 0.507 e. The molecule has 3 rings (SSSR count). The van der Waals surface area contributed by atoms with Gasteiger partial charge in [0.1, 0.15) is 11.3 Å². The highest BCUT2D eigenvalue weighted by Crippen LogP contribution is 2.40. The number of nitrogens with one attached hydrogen (secondary N) is 1. The predicted octanol–water partition coefficient (Wildman–Crippen LogP) is 5.68. The molecule has 0 aliphatic rings. The minimum absolute atomic E-state index is 0.0945. The topological polar surface area (TPSA) is 88.1 Å². The van der Waals surface area contributed by atoms with Crippen LogP contribution in [0.5, 0.6) is 5.75 Å². The van der Waals surface area contributed by atoms with Crippen molar-refractivity contribution in [1.29, 1.82) is 0 Å². The SMILES string of the molecule is CCCCC(CC)COC(=O)CCc1cccc(-c2c(Cl)ccc3[nH]nnc23)c1O. The third-order valence-corrected chi connectivity index (χ3v) is 5.77. The van der Waals surface area contributed by atoms with Gasteiger partial charge in [0.2, 0.25) is 0 Å². The summed E-state index contributed by atoms with van der Waals surface area (Å²) < 4.78 is 5.47. The van der Waals surface area contributed by atoms with Crippen LogP contribution in [0.15, 0.2) is 30.3 Å². The zero-order valence-electron chi connectivity index (χ0n) is 17.4. The second kappa shape index (κ2) is 10.4. The number of carbonyl (C=O) groups is 1. The molecule has 1 atom stereocenters. The van der Waals surface area contributed by atoms with Crippen molar-refractivity contribution < 1.29 is 14.6 Å². The van der Waals surface area contributed by atoms with Gasteiger partial charge in [-0.25, -0.2) is 0 Å². The fourth-order valence-electron chi connectivity index (χ4n) is 3.56. The second-order valence-electron chi connectivity index (χ2n) is 7.54. The number of carbonyl (C=O) groups excluding carboxylic acids is 1. The molecule has 0 radical (unpaired) electrons. The number of ether oxygens (including phenoxy) is 1. The van der Waals surface area contributed by atoms with Crippen LogP contribution in [0.2, 0.25) is 5.02 Å². The molecule has 0 aliphatic carbocycles. The standard InChI is InChI=1S/C23H28ClN3O3/c1-3-5-7-15(4-2)14-30-20(28)13-10-16-8-6-9-17(23(16)29)21-18(24)11-12-19-22(21)26-27-25-19/h6,8-9,11-12,15,29H,3-5,7,10,13-14H2,1-2H3,(H,25,26,27). The van der Waals surface area contributed by atoms with E-state index in [0.717, 1.165) is 31.2 Å². The summed E-state index contributed by atoms with van der Waals surface area (Å²) in [6.45, 7) is 4.75. The molecule has 3 aromatic rings. The van der Waals surface area contributed by atoms with Crippen molar-refractivity contribution >= 4 is 28.6 Å². The van der Waals surface area contributed by atoms with Crippen molar-refractivity contribution in [1.82, 2.24) is 15.4 Å². The average Bonchev–Trinajstić information content (AvgIpc) is 3.22. The molecule has 2 aromatic carbocycles. The Morgan fingerprint density at radius 3 is 2.87 bits per heavy atom. The summed E-state index contributed by atoms with van der Waals surface area (Å²) in [5.41, 5.74) is 3.17. The second-order valence-corrected chi connectivity index (χ2v) is 7.95. The van der Waals surface area contributed by atoms with Crippen molar-refractivity contribution in [3.8, 4) is 16.9 Å². The van der Waals surface area contributed by atoms with Crippen LogP contribution in [0.3, 0.4) is 0 Å². The first-order chi connectivity index (χ1) is 14.5. The van der Waals surface area contributed by atoms with E-state index in [-0.39, 0.29) is 18.1 Å². The Bertz CT molecular complexity index is 1000. The molecule has 1 unspecified atom stereocenters. The number of aryl methyl sites for hydroxylation is 1. The normalized spacial score (nSPS) is 12.2. The first-order valence-corrected chi connectivity index (χ1v) is 10.9. The fraction of sp³-hybridized carbons (Fsp3) is 0.435. The van der Waals surface area contributed by atoms with E-state index in [1.165, 1.54) is 0 Å². The summed E-state index contributed by atoms with van der Waals surface area (Å²) in [5, 5.41) is 22.1. The number of aromatic amines is 1. The molecule has 0 fully saturated rings.